The normalized spacial score (nSPS) is 31.2. The summed E-state index contributed by atoms with van der Waals surface area (Å²) in [7, 11) is 0. The molecule has 31 heavy (non-hydrogen) atoms. The van der Waals surface area contributed by atoms with Crippen molar-refractivity contribution in [3.63, 3.8) is 0 Å². The molecule has 0 aromatic carbocycles. The van der Waals surface area contributed by atoms with Crippen LogP contribution in [0.1, 0.15) is 37.0 Å². The summed E-state index contributed by atoms with van der Waals surface area (Å²) in [6, 6.07) is 3.46. The lowest BCUT2D eigenvalue weighted by Crippen LogP contribution is -2.63. The lowest BCUT2D eigenvalue weighted by atomic mass is 9.93. The van der Waals surface area contributed by atoms with E-state index in [1.165, 1.54) is 0 Å². The number of amidine groups is 2. The topological polar surface area (TPSA) is 99.5 Å². The van der Waals surface area contributed by atoms with Crippen LogP contribution >= 0.6 is 0 Å². The Hall–Kier alpha value is -2.81. The van der Waals surface area contributed by atoms with E-state index in [0.29, 0.717) is 44.2 Å². The molecule has 4 aliphatic rings. The van der Waals surface area contributed by atoms with Crippen LogP contribution in [0.4, 0.5) is 0 Å². The molecule has 0 bridgehead atoms. The first-order valence-electron chi connectivity index (χ1n) is 11.0. The fourth-order valence-corrected chi connectivity index (χ4v) is 4.93. The number of aliphatic imine (C=N–C) groups is 1. The van der Waals surface area contributed by atoms with E-state index in [-0.39, 0.29) is 29.6 Å². The zero-order valence-corrected chi connectivity index (χ0v) is 18.0. The summed E-state index contributed by atoms with van der Waals surface area (Å²) in [5, 5.41) is 9.83. The number of rotatable bonds is 3. The number of hydrazone groups is 1. The van der Waals surface area contributed by atoms with E-state index >= 15 is 0 Å². The van der Waals surface area contributed by atoms with Gasteiger partial charge in [0.05, 0.1) is 6.54 Å². The van der Waals surface area contributed by atoms with Crippen LogP contribution in [0.3, 0.4) is 0 Å². The van der Waals surface area contributed by atoms with Gasteiger partial charge in [-0.1, -0.05) is 6.92 Å². The van der Waals surface area contributed by atoms with Crippen molar-refractivity contribution < 1.29 is 14.3 Å². The Kier molecular flexibility index (Phi) is 5.00. The van der Waals surface area contributed by atoms with Gasteiger partial charge in [0.25, 0.3) is 11.8 Å². The molecule has 9 heteroatoms. The third-order valence-corrected chi connectivity index (χ3v) is 6.94. The van der Waals surface area contributed by atoms with E-state index in [4.69, 9.17) is 14.8 Å². The van der Waals surface area contributed by atoms with E-state index in [1.54, 1.807) is 24.5 Å². The summed E-state index contributed by atoms with van der Waals surface area (Å²) >= 11 is 0. The molecule has 2 saturated heterocycles. The Morgan fingerprint density at radius 1 is 1.23 bits per heavy atom. The highest BCUT2D eigenvalue weighted by molar-refractivity contribution is 6.09. The summed E-state index contributed by atoms with van der Waals surface area (Å²) < 4.78 is 5.50. The summed E-state index contributed by atoms with van der Waals surface area (Å²) in [5.41, 5.74) is -0.163. The van der Waals surface area contributed by atoms with E-state index in [9.17, 15) is 9.59 Å². The molecule has 5 heterocycles. The molecular weight excluding hydrogens is 396 g/mol. The molecule has 3 unspecified atom stereocenters. The number of ether oxygens (including phenoxy) is 1. The van der Waals surface area contributed by atoms with Gasteiger partial charge in [0.2, 0.25) is 0 Å². The minimum atomic E-state index is -0.786. The van der Waals surface area contributed by atoms with Crippen LogP contribution in [0.25, 0.3) is 0 Å². The van der Waals surface area contributed by atoms with Crippen molar-refractivity contribution in [2.24, 2.45) is 27.8 Å². The number of pyridine rings is 1. The minimum absolute atomic E-state index is 0.0186. The second-order valence-corrected chi connectivity index (χ2v) is 9.12. The quantitative estimate of drug-likeness (QED) is 0.784. The first kappa shape index (κ1) is 20.1. The standard InChI is InChI=1S/C22H28N6O3/c1-14-11-27(20(29)16-3-7-23-8-4-16)12-17(14)18-25-21(30)22(2)13-24-19(28(22)26-18)15-5-9-31-10-6-15/h3-4,7-8,14-15,17H,5-6,9-13H2,1-2H3,(H,25,26,30). The maximum Gasteiger partial charge on any atom is 0.255 e. The fraction of sp³-hybridized carbons (Fsp3) is 0.591. The van der Waals surface area contributed by atoms with Crippen molar-refractivity contribution >= 4 is 23.5 Å². The Morgan fingerprint density at radius 3 is 2.71 bits per heavy atom. The van der Waals surface area contributed by atoms with Gasteiger partial charge in [0.1, 0.15) is 11.7 Å². The minimum Gasteiger partial charge on any atom is -0.381 e. The molecular formula is C22H28N6O3. The molecule has 1 aromatic heterocycles. The molecule has 0 saturated carbocycles. The summed E-state index contributed by atoms with van der Waals surface area (Å²) in [6.45, 7) is 6.98. The largest absolute Gasteiger partial charge is 0.381 e. The van der Waals surface area contributed by atoms with Crippen molar-refractivity contribution in [1.82, 2.24) is 20.2 Å². The van der Waals surface area contributed by atoms with Crippen molar-refractivity contribution in [3.8, 4) is 0 Å². The maximum atomic E-state index is 13.1. The van der Waals surface area contributed by atoms with Crippen molar-refractivity contribution in [2.75, 3.05) is 32.8 Å². The van der Waals surface area contributed by atoms with Crippen molar-refractivity contribution in [3.05, 3.63) is 30.1 Å². The van der Waals surface area contributed by atoms with Gasteiger partial charge in [-0.3, -0.25) is 19.6 Å². The van der Waals surface area contributed by atoms with Crippen LogP contribution < -0.4 is 5.32 Å². The first-order valence-corrected chi connectivity index (χ1v) is 11.0. The lowest BCUT2D eigenvalue weighted by molar-refractivity contribution is -0.129. The maximum absolute atomic E-state index is 13.1. The van der Waals surface area contributed by atoms with Crippen LogP contribution in [-0.4, -0.2) is 76.8 Å². The second kappa shape index (κ2) is 7.71. The molecule has 2 fully saturated rings. The molecule has 4 aliphatic heterocycles. The predicted molar refractivity (Wildman–Crippen MR) is 114 cm³/mol. The van der Waals surface area contributed by atoms with Gasteiger partial charge in [-0.05, 0) is 37.8 Å². The molecule has 1 aromatic rings. The number of hydrogen-bond acceptors (Lipinski definition) is 7. The molecule has 0 aliphatic carbocycles. The van der Waals surface area contributed by atoms with Crippen LogP contribution in [0.2, 0.25) is 0 Å². The van der Waals surface area contributed by atoms with Crippen LogP contribution in [-0.2, 0) is 9.53 Å². The molecule has 0 spiro atoms. The van der Waals surface area contributed by atoms with Crippen LogP contribution in [0.15, 0.2) is 34.6 Å². The number of fused-ring (bicyclic) bond motifs is 1. The Morgan fingerprint density at radius 2 is 1.97 bits per heavy atom. The number of carbonyl (C=O) groups excluding carboxylic acids is 2. The highest BCUT2D eigenvalue weighted by atomic mass is 16.5. The van der Waals surface area contributed by atoms with Gasteiger partial charge < -0.3 is 15.0 Å². The Balaban J connectivity index is 1.38. The van der Waals surface area contributed by atoms with Crippen LogP contribution in [0.5, 0.6) is 0 Å². The smallest absolute Gasteiger partial charge is 0.255 e. The molecule has 0 radical (unpaired) electrons. The number of amides is 2. The number of likely N-dealkylation sites (tertiary alicyclic amines) is 1. The fourth-order valence-electron chi connectivity index (χ4n) is 4.93. The second-order valence-electron chi connectivity index (χ2n) is 9.12. The molecule has 2 amide bonds. The third kappa shape index (κ3) is 3.40. The number of carbonyl (C=O) groups is 2. The summed E-state index contributed by atoms with van der Waals surface area (Å²) in [6.07, 6.45) is 5.04. The molecule has 164 valence electrons. The zero-order chi connectivity index (χ0) is 21.6. The molecule has 5 rings (SSSR count). The third-order valence-electron chi connectivity index (χ3n) is 6.94. The number of hydrogen-bond donors (Lipinski definition) is 1. The average Bonchev–Trinajstić information content (AvgIpc) is 3.35. The summed E-state index contributed by atoms with van der Waals surface area (Å²) in [5.74, 6) is 1.85. The van der Waals surface area contributed by atoms with Gasteiger partial charge in [-0.25, -0.2) is 5.01 Å². The summed E-state index contributed by atoms with van der Waals surface area (Å²) in [4.78, 5) is 36.6. The van der Waals surface area contributed by atoms with E-state index < -0.39 is 5.54 Å². The number of nitrogens with zero attached hydrogens (tertiary/aromatic N) is 5. The van der Waals surface area contributed by atoms with E-state index in [0.717, 1.165) is 18.7 Å². The SMILES string of the molecule is CC1CN(C(=O)c2ccncc2)CC1C1=NN2C(C3CCOCC3)=NCC2(C)C(=O)N1. The predicted octanol–water partition coefficient (Wildman–Crippen LogP) is 1.13. The first-order chi connectivity index (χ1) is 15.0. The van der Waals surface area contributed by atoms with Crippen LogP contribution in [0, 0.1) is 17.8 Å². The van der Waals surface area contributed by atoms with E-state index in [2.05, 4.69) is 17.2 Å². The van der Waals surface area contributed by atoms with Crippen molar-refractivity contribution in [1.29, 1.82) is 0 Å². The van der Waals surface area contributed by atoms with E-state index in [1.807, 2.05) is 16.8 Å². The Labute approximate surface area is 181 Å². The number of aromatic nitrogens is 1. The van der Waals surface area contributed by atoms with Crippen molar-refractivity contribution in [2.45, 2.75) is 32.2 Å². The number of nitrogens with one attached hydrogen (secondary N) is 1. The Bertz CT molecular complexity index is 942. The highest BCUT2D eigenvalue weighted by Crippen LogP contribution is 2.34. The van der Waals surface area contributed by atoms with Gasteiger partial charge in [0, 0.05) is 56.1 Å². The van der Waals surface area contributed by atoms with Gasteiger partial charge in [0.15, 0.2) is 5.54 Å². The zero-order valence-electron chi connectivity index (χ0n) is 18.0. The monoisotopic (exact) mass is 424 g/mol. The molecule has 9 nitrogen and oxygen atoms in total. The highest BCUT2D eigenvalue weighted by Gasteiger charge is 2.52. The van der Waals surface area contributed by atoms with Gasteiger partial charge in [-0.15, -0.1) is 0 Å². The molecule has 3 atom stereocenters. The van der Waals surface area contributed by atoms with Gasteiger partial charge >= 0.3 is 0 Å². The van der Waals surface area contributed by atoms with Gasteiger partial charge in [-0.2, -0.15) is 5.10 Å². The lowest BCUT2D eigenvalue weighted by Gasteiger charge is -2.39. The average molecular weight is 425 g/mol. The molecule has 1 N–H and O–H groups in total.